The van der Waals surface area contributed by atoms with Gasteiger partial charge in [0.25, 0.3) is 0 Å². The molecule has 0 saturated carbocycles. The van der Waals surface area contributed by atoms with Crippen LogP contribution < -0.4 is 16.4 Å². The van der Waals surface area contributed by atoms with Crippen molar-refractivity contribution in [1.82, 2.24) is 10.6 Å². The van der Waals surface area contributed by atoms with Crippen LogP contribution in [0.3, 0.4) is 0 Å². The lowest BCUT2D eigenvalue weighted by Gasteiger charge is -2.20. The molecule has 3 atom stereocenters. The van der Waals surface area contributed by atoms with Gasteiger partial charge in [-0.15, -0.1) is 0 Å². The Bertz CT molecular complexity index is 432. The molecule has 0 heterocycles. The maximum Gasteiger partial charge on any atom is 0.326 e. The Hall–Kier alpha value is -1.85. The predicted octanol–water partition coefficient (Wildman–Crippen LogP) is -2.85. The number of hydrogen-bond donors (Lipinski definition) is 7. The van der Waals surface area contributed by atoms with E-state index < -0.39 is 54.9 Å². The van der Waals surface area contributed by atoms with E-state index in [9.17, 15) is 19.2 Å². The molecule has 126 valence electrons. The molecular weight excluding hydrogens is 318 g/mol. The van der Waals surface area contributed by atoms with Gasteiger partial charge in [-0.1, -0.05) is 0 Å². The van der Waals surface area contributed by atoms with Gasteiger partial charge in [0.2, 0.25) is 11.8 Å². The molecule has 0 rings (SSSR count). The number of aliphatic carboxylic acids is 2. The lowest BCUT2D eigenvalue weighted by atomic mass is 10.1. The Balaban J connectivity index is 4.70. The highest BCUT2D eigenvalue weighted by molar-refractivity contribution is 7.80. The van der Waals surface area contributed by atoms with Crippen LogP contribution in [0.4, 0.5) is 0 Å². The van der Waals surface area contributed by atoms with E-state index in [1.165, 1.54) is 0 Å². The van der Waals surface area contributed by atoms with E-state index in [4.69, 9.17) is 21.1 Å². The molecule has 0 radical (unpaired) electrons. The van der Waals surface area contributed by atoms with E-state index in [1.807, 2.05) is 5.32 Å². The second-order valence-electron chi connectivity index (χ2n) is 4.36. The Kier molecular flexibility index (Phi) is 9.13. The summed E-state index contributed by atoms with van der Waals surface area (Å²) in [6.45, 7) is -0.776. The average molecular weight is 337 g/mol. The number of nitrogens with two attached hydrogens (primary N) is 1. The second kappa shape index (κ2) is 9.97. The average Bonchev–Trinajstić information content (AvgIpc) is 2.46. The molecule has 22 heavy (non-hydrogen) atoms. The molecule has 0 aliphatic heterocycles. The van der Waals surface area contributed by atoms with Crippen LogP contribution in [-0.2, 0) is 19.2 Å². The van der Waals surface area contributed by atoms with E-state index in [2.05, 4.69) is 17.9 Å². The van der Waals surface area contributed by atoms with Crippen molar-refractivity contribution in [3.05, 3.63) is 0 Å². The summed E-state index contributed by atoms with van der Waals surface area (Å²) >= 11 is 3.81. The molecule has 0 fully saturated rings. The zero-order valence-corrected chi connectivity index (χ0v) is 12.5. The van der Waals surface area contributed by atoms with Crippen LogP contribution in [0.1, 0.15) is 12.8 Å². The van der Waals surface area contributed by atoms with Gasteiger partial charge in [0.05, 0.1) is 12.6 Å². The van der Waals surface area contributed by atoms with Crippen molar-refractivity contribution in [2.45, 2.75) is 31.0 Å². The highest BCUT2D eigenvalue weighted by Crippen LogP contribution is 1.99. The molecule has 0 aliphatic rings. The van der Waals surface area contributed by atoms with Gasteiger partial charge in [0.15, 0.2) is 0 Å². The molecule has 0 aromatic rings. The van der Waals surface area contributed by atoms with Gasteiger partial charge in [-0.25, -0.2) is 4.79 Å². The van der Waals surface area contributed by atoms with Crippen molar-refractivity contribution in [3.63, 3.8) is 0 Å². The summed E-state index contributed by atoms with van der Waals surface area (Å²) in [5.41, 5.74) is 5.39. The highest BCUT2D eigenvalue weighted by atomic mass is 32.1. The van der Waals surface area contributed by atoms with E-state index in [0.29, 0.717) is 0 Å². The van der Waals surface area contributed by atoms with Gasteiger partial charge >= 0.3 is 11.9 Å². The third-order valence-corrected chi connectivity index (χ3v) is 3.00. The molecule has 11 heteroatoms. The number of carbonyl (C=O) groups excluding carboxylic acids is 2. The van der Waals surface area contributed by atoms with E-state index >= 15 is 0 Å². The summed E-state index contributed by atoms with van der Waals surface area (Å²) in [5.74, 6) is -4.32. The van der Waals surface area contributed by atoms with Crippen LogP contribution in [0.2, 0.25) is 0 Å². The number of carboxylic acid groups (broad SMARTS) is 2. The fraction of sp³-hybridized carbons (Fsp3) is 0.636. The first-order chi connectivity index (χ1) is 10.2. The van der Waals surface area contributed by atoms with Crippen LogP contribution >= 0.6 is 12.6 Å². The Morgan fingerprint density at radius 2 is 1.59 bits per heavy atom. The molecule has 2 amide bonds. The minimum atomic E-state index is -1.45. The van der Waals surface area contributed by atoms with E-state index in [1.54, 1.807) is 0 Å². The van der Waals surface area contributed by atoms with Crippen molar-refractivity contribution in [1.29, 1.82) is 0 Å². The number of hydrogen-bond acceptors (Lipinski definition) is 7. The number of amides is 2. The molecule has 0 spiro atoms. The fourth-order valence-electron chi connectivity index (χ4n) is 1.35. The van der Waals surface area contributed by atoms with E-state index in [0.717, 1.165) is 0 Å². The Labute approximate surface area is 131 Å². The zero-order chi connectivity index (χ0) is 17.3. The topological polar surface area (TPSA) is 179 Å². The molecule has 0 saturated heterocycles. The monoisotopic (exact) mass is 337 g/mol. The maximum absolute atomic E-state index is 11.8. The molecule has 0 bridgehead atoms. The first-order valence-corrected chi connectivity index (χ1v) is 6.88. The SMILES string of the molecule is NC(CS)C(=O)NC(CO)C(=O)NC(CCC(=O)O)C(=O)O. The maximum atomic E-state index is 11.8. The Morgan fingerprint density at radius 3 is 2.00 bits per heavy atom. The quantitative estimate of drug-likeness (QED) is 0.208. The number of aliphatic hydroxyl groups is 1. The van der Waals surface area contributed by atoms with Gasteiger partial charge < -0.3 is 31.7 Å². The number of nitrogens with one attached hydrogen (secondary N) is 2. The van der Waals surface area contributed by atoms with Gasteiger partial charge in [0, 0.05) is 12.2 Å². The lowest BCUT2D eigenvalue weighted by Crippen LogP contribution is -2.56. The van der Waals surface area contributed by atoms with Crippen LogP contribution in [0, 0.1) is 0 Å². The van der Waals surface area contributed by atoms with Gasteiger partial charge in [-0.05, 0) is 6.42 Å². The third-order valence-electron chi connectivity index (χ3n) is 2.61. The number of carboxylic acids is 2. The normalized spacial score (nSPS) is 14.5. The number of thiol groups is 1. The molecule has 0 aliphatic carbocycles. The van der Waals surface area contributed by atoms with Crippen molar-refractivity contribution < 1.29 is 34.5 Å². The molecule has 10 nitrogen and oxygen atoms in total. The van der Waals surface area contributed by atoms with Gasteiger partial charge in [0.1, 0.15) is 12.1 Å². The summed E-state index contributed by atoms with van der Waals surface area (Å²) in [4.78, 5) is 44.7. The van der Waals surface area contributed by atoms with Crippen molar-refractivity contribution in [3.8, 4) is 0 Å². The Morgan fingerprint density at radius 1 is 1.05 bits per heavy atom. The molecule has 0 aromatic heterocycles. The smallest absolute Gasteiger partial charge is 0.326 e. The summed E-state index contributed by atoms with van der Waals surface area (Å²) in [5, 5.41) is 30.7. The van der Waals surface area contributed by atoms with Crippen LogP contribution in [0.15, 0.2) is 0 Å². The van der Waals surface area contributed by atoms with Crippen LogP contribution in [0.25, 0.3) is 0 Å². The summed E-state index contributed by atoms with van der Waals surface area (Å²) in [6.07, 6.45) is -0.795. The first kappa shape index (κ1) is 20.1. The van der Waals surface area contributed by atoms with Crippen LogP contribution in [-0.4, -0.2) is 69.6 Å². The zero-order valence-electron chi connectivity index (χ0n) is 11.6. The predicted molar refractivity (Wildman–Crippen MR) is 77.3 cm³/mol. The second-order valence-corrected chi connectivity index (χ2v) is 4.73. The number of aliphatic hydroxyl groups excluding tert-OH is 1. The number of rotatable bonds is 10. The summed E-state index contributed by atoms with van der Waals surface area (Å²) in [7, 11) is 0. The summed E-state index contributed by atoms with van der Waals surface area (Å²) < 4.78 is 0. The first-order valence-electron chi connectivity index (χ1n) is 6.25. The minimum Gasteiger partial charge on any atom is -0.481 e. The molecule has 3 unspecified atom stereocenters. The van der Waals surface area contributed by atoms with Crippen molar-refractivity contribution in [2.24, 2.45) is 5.73 Å². The molecule has 0 aromatic carbocycles. The standard InChI is InChI=1S/C11H19N3O7S/c12-5(4-22)9(18)14-7(3-15)10(19)13-6(11(20)21)1-2-8(16)17/h5-7,15,22H,1-4,12H2,(H,13,19)(H,14,18)(H,16,17)(H,20,21). The molecule has 7 N–H and O–H groups in total. The van der Waals surface area contributed by atoms with E-state index in [-0.39, 0.29) is 12.2 Å². The lowest BCUT2D eigenvalue weighted by molar-refractivity contribution is -0.143. The summed E-state index contributed by atoms with van der Waals surface area (Å²) in [6, 6.07) is -3.84. The van der Waals surface area contributed by atoms with Gasteiger partial charge in [-0.3, -0.25) is 14.4 Å². The minimum absolute atomic E-state index is 0.0158. The highest BCUT2D eigenvalue weighted by Gasteiger charge is 2.27. The largest absolute Gasteiger partial charge is 0.481 e. The fourth-order valence-corrected chi connectivity index (χ4v) is 1.52. The van der Waals surface area contributed by atoms with Crippen LogP contribution in [0.5, 0.6) is 0 Å². The number of carbonyl (C=O) groups is 4. The van der Waals surface area contributed by atoms with Crippen molar-refractivity contribution >= 4 is 36.4 Å². The third kappa shape index (κ3) is 7.24. The molecular formula is C11H19N3O7S. The van der Waals surface area contributed by atoms with Crippen molar-refractivity contribution in [2.75, 3.05) is 12.4 Å². The van der Waals surface area contributed by atoms with Gasteiger partial charge in [-0.2, -0.15) is 12.6 Å².